The standard InChI is InChI=1S/C13H27N3O/c1-12(11-16-8-3-4-9-16)10-15-13(17)6-5-7-14-2/h12,14H,3-11H2,1-2H3,(H,15,17). The van der Waals surface area contributed by atoms with Gasteiger partial charge in [0.1, 0.15) is 0 Å². The van der Waals surface area contributed by atoms with Crippen molar-refractivity contribution < 1.29 is 4.79 Å². The molecule has 1 fully saturated rings. The van der Waals surface area contributed by atoms with Gasteiger partial charge >= 0.3 is 0 Å². The van der Waals surface area contributed by atoms with E-state index in [1.807, 2.05) is 7.05 Å². The summed E-state index contributed by atoms with van der Waals surface area (Å²) in [5.41, 5.74) is 0. The van der Waals surface area contributed by atoms with Crippen molar-refractivity contribution in [3.05, 3.63) is 0 Å². The first kappa shape index (κ1) is 14.5. The molecule has 2 N–H and O–H groups in total. The average molecular weight is 241 g/mol. The van der Waals surface area contributed by atoms with Gasteiger partial charge in [0.2, 0.25) is 5.91 Å². The Hall–Kier alpha value is -0.610. The summed E-state index contributed by atoms with van der Waals surface area (Å²) in [6.07, 6.45) is 4.23. The minimum absolute atomic E-state index is 0.188. The fourth-order valence-corrected chi connectivity index (χ4v) is 2.27. The van der Waals surface area contributed by atoms with E-state index in [0.717, 1.165) is 26.1 Å². The normalized spacial score (nSPS) is 18.2. The SMILES string of the molecule is CNCCCC(=O)NCC(C)CN1CCCC1. The zero-order chi connectivity index (χ0) is 12.5. The highest BCUT2D eigenvalue weighted by molar-refractivity contribution is 5.75. The summed E-state index contributed by atoms with van der Waals surface area (Å²) in [5.74, 6) is 0.745. The highest BCUT2D eigenvalue weighted by Gasteiger charge is 2.14. The van der Waals surface area contributed by atoms with Gasteiger partial charge in [-0.2, -0.15) is 0 Å². The van der Waals surface area contributed by atoms with Crippen molar-refractivity contribution in [2.45, 2.75) is 32.6 Å². The van der Waals surface area contributed by atoms with E-state index in [9.17, 15) is 4.79 Å². The lowest BCUT2D eigenvalue weighted by atomic mass is 10.1. The van der Waals surface area contributed by atoms with Crippen LogP contribution < -0.4 is 10.6 Å². The maximum atomic E-state index is 11.5. The van der Waals surface area contributed by atoms with Gasteiger partial charge in [0.25, 0.3) is 0 Å². The molecule has 0 spiro atoms. The molecule has 1 saturated heterocycles. The van der Waals surface area contributed by atoms with Gasteiger partial charge in [0.05, 0.1) is 0 Å². The minimum atomic E-state index is 0.188. The molecule has 1 unspecified atom stereocenters. The lowest BCUT2D eigenvalue weighted by Gasteiger charge is -2.20. The number of amides is 1. The highest BCUT2D eigenvalue weighted by Crippen LogP contribution is 2.09. The Morgan fingerprint density at radius 1 is 1.35 bits per heavy atom. The second kappa shape index (κ2) is 8.48. The zero-order valence-corrected chi connectivity index (χ0v) is 11.3. The largest absolute Gasteiger partial charge is 0.356 e. The highest BCUT2D eigenvalue weighted by atomic mass is 16.1. The molecule has 1 amide bonds. The summed E-state index contributed by atoms with van der Waals surface area (Å²) >= 11 is 0. The number of hydrogen-bond donors (Lipinski definition) is 2. The van der Waals surface area contributed by atoms with Crippen LogP contribution in [0.15, 0.2) is 0 Å². The van der Waals surface area contributed by atoms with E-state index in [1.165, 1.54) is 25.9 Å². The van der Waals surface area contributed by atoms with Crippen molar-refractivity contribution in [1.29, 1.82) is 0 Å². The molecule has 17 heavy (non-hydrogen) atoms. The number of nitrogens with one attached hydrogen (secondary N) is 2. The molecular formula is C13H27N3O. The topological polar surface area (TPSA) is 44.4 Å². The second-order valence-electron chi connectivity index (χ2n) is 5.12. The molecule has 0 bridgehead atoms. The lowest BCUT2D eigenvalue weighted by Crippen LogP contribution is -2.34. The van der Waals surface area contributed by atoms with Crippen molar-refractivity contribution in [3.8, 4) is 0 Å². The van der Waals surface area contributed by atoms with Gasteiger partial charge in [-0.3, -0.25) is 4.79 Å². The van der Waals surface area contributed by atoms with Crippen LogP contribution in [0.4, 0.5) is 0 Å². The molecule has 0 aromatic carbocycles. The molecule has 1 rings (SSSR count). The molecule has 0 aliphatic carbocycles. The number of nitrogens with zero attached hydrogens (tertiary/aromatic N) is 1. The summed E-state index contributed by atoms with van der Waals surface area (Å²) in [4.78, 5) is 14.0. The Bertz CT molecular complexity index is 215. The first-order valence-electron chi connectivity index (χ1n) is 6.86. The number of likely N-dealkylation sites (tertiary alicyclic amines) is 1. The molecule has 1 atom stereocenters. The summed E-state index contributed by atoms with van der Waals surface area (Å²) in [6.45, 7) is 7.54. The van der Waals surface area contributed by atoms with Gasteiger partial charge in [0.15, 0.2) is 0 Å². The molecule has 0 aromatic heterocycles. The summed E-state index contributed by atoms with van der Waals surface area (Å²) < 4.78 is 0. The summed E-state index contributed by atoms with van der Waals surface area (Å²) in [5, 5.41) is 6.07. The van der Waals surface area contributed by atoms with E-state index in [0.29, 0.717) is 12.3 Å². The quantitative estimate of drug-likeness (QED) is 0.619. The molecule has 4 heteroatoms. The number of hydrogen-bond acceptors (Lipinski definition) is 3. The van der Waals surface area contributed by atoms with Crippen molar-refractivity contribution in [3.63, 3.8) is 0 Å². The molecule has 0 radical (unpaired) electrons. The van der Waals surface area contributed by atoms with Crippen LogP contribution in [0.3, 0.4) is 0 Å². The van der Waals surface area contributed by atoms with Crippen LogP contribution in [-0.2, 0) is 4.79 Å². The molecule has 1 heterocycles. The van der Waals surface area contributed by atoms with Gasteiger partial charge in [-0.05, 0) is 51.9 Å². The smallest absolute Gasteiger partial charge is 0.220 e. The fraction of sp³-hybridized carbons (Fsp3) is 0.923. The monoisotopic (exact) mass is 241 g/mol. The summed E-state index contributed by atoms with van der Waals surface area (Å²) in [6, 6.07) is 0. The van der Waals surface area contributed by atoms with Crippen molar-refractivity contribution in [1.82, 2.24) is 15.5 Å². The minimum Gasteiger partial charge on any atom is -0.356 e. The van der Waals surface area contributed by atoms with E-state index in [1.54, 1.807) is 0 Å². The number of carbonyl (C=O) groups is 1. The van der Waals surface area contributed by atoms with Crippen molar-refractivity contribution in [2.75, 3.05) is 39.8 Å². The van der Waals surface area contributed by atoms with Crippen molar-refractivity contribution >= 4 is 5.91 Å². The van der Waals surface area contributed by atoms with Gasteiger partial charge in [0, 0.05) is 19.5 Å². The first-order valence-corrected chi connectivity index (χ1v) is 6.86. The Balaban J connectivity index is 2.01. The maximum absolute atomic E-state index is 11.5. The molecule has 0 saturated carbocycles. The molecule has 0 aromatic rings. The lowest BCUT2D eigenvalue weighted by molar-refractivity contribution is -0.121. The van der Waals surface area contributed by atoms with Crippen LogP contribution in [-0.4, -0.2) is 50.6 Å². The molecular weight excluding hydrogens is 214 g/mol. The first-order chi connectivity index (χ1) is 8.22. The number of carbonyl (C=O) groups excluding carboxylic acids is 1. The second-order valence-corrected chi connectivity index (χ2v) is 5.12. The molecule has 100 valence electrons. The Morgan fingerprint density at radius 3 is 2.71 bits per heavy atom. The maximum Gasteiger partial charge on any atom is 0.220 e. The zero-order valence-electron chi connectivity index (χ0n) is 11.3. The van der Waals surface area contributed by atoms with Crippen LogP contribution in [0.25, 0.3) is 0 Å². The third-order valence-corrected chi connectivity index (χ3v) is 3.25. The van der Waals surface area contributed by atoms with Gasteiger partial charge in [-0.25, -0.2) is 0 Å². The van der Waals surface area contributed by atoms with Crippen LogP contribution in [0.1, 0.15) is 32.6 Å². The van der Waals surface area contributed by atoms with Crippen LogP contribution >= 0.6 is 0 Å². The predicted molar refractivity (Wildman–Crippen MR) is 71.0 cm³/mol. The number of rotatable bonds is 8. The van der Waals surface area contributed by atoms with Gasteiger partial charge in [-0.1, -0.05) is 6.92 Å². The third-order valence-electron chi connectivity index (χ3n) is 3.25. The van der Waals surface area contributed by atoms with Crippen molar-refractivity contribution in [2.24, 2.45) is 5.92 Å². The van der Waals surface area contributed by atoms with Gasteiger partial charge in [-0.15, -0.1) is 0 Å². The fourth-order valence-electron chi connectivity index (χ4n) is 2.27. The summed E-state index contributed by atoms with van der Waals surface area (Å²) in [7, 11) is 1.91. The molecule has 1 aliphatic heterocycles. The Morgan fingerprint density at radius 2 is 2.06 bits per heavy atom. The third kappa shape index (κ3) is 6.64. The van der Waals surface area contributed by atoms with Crippen LogP contribution in [0, 0.1) is 5.92 Å². The van der Waals surface area contributed by atoms with Crippen LogP contribution in [0.2, 0.25) is 0 Å². The van der Waals surface area contributed by atoms with Crippen LogP contribution in [0.5, 0.6) is 0 Å². The van der Waals surface area contributed by atoms with E-state index in [-0.39, 0.29) is 5.91 Å². The Labute approximate surface area is 105 Å². The predicted octanol–water partition coefficient (Wildman–Crippen LogP) is 0.834. The van der Waals surface area contributed by atoms with Gasteiger partial charge < -0.3 is 15.5 Å². The van der Waals surface area contributed by atoms with E-state index in [2.05, 4.69) is 22.5 Å². The van der Waals surface area contributed by atoms with E-state index in [4.69, 9.17) is 0 Å². The molecule has 1 aliphatic rings. The Kier molecular flexibility index (Phi) is 7.21. The van der Waals surface area contributed by atoms with E-state index >= 15 is 0 Å². The molecule has 4 nitrogen and oxygen atoms in total. The average Bonchev–Trinajstić information content (AvgIpc) is 2.79. The van der Waals surface area contributed by atoms with E-state index < -0.39 is 0 Å².